The SMILES string of the molecule is Cc1ccc(SNC(CNC(CN)C(C)C)C(C)C)cc1. The van der Waals surface area contributed by atoms with Crippen LogP contribution in [-0.2, 0) is 0 Å². The molecule has 120 valence electrons. The summed E-state index contributed by atoms with van der Waals surface area (Å²) in [5, 5.41) is 3.59. The molecular weight excluding hydrogens is 278 g/mol. The Kier molecular flexibility index (Phi) is 8.34. The lowest BCUT2D eigenvalue weighted by Gasteiger charge is -2.27. The maximum absolute atomic E-state index is 5.83. The minimum absolute atomic E-state index is 0.387. The van der Waals surface area contributed by atoms with Gasteiger partial charge in [0.15, 0.2) is 0 Å². The molecule has 0 spiro atoms. The molecule has 0 amide bonds. The van der Waals surface area contributed by atoms with Gasteiger partial charge in [-0.1, -0.05) is 45.4 Å². The molecule has 0 aliphatic rings. The van der Waals surface area contributed by atoms with Crippen LogP contribution in [0.15, 0.2) is 29.2 Å². The second-order valence-corrected chi connectivity index (χ2v) is 7.29. The fourth-order valence-corrected chi connectivity index (χ4v) is 2.95. The standard InChI is InChI=1S/C17H31N3S/c1-12(2)16(10-18)19-11-17(13(3)4)20-21-15-8-6-14(5)7-9-15/h6-9,12-13,16-17,19-20H,10-11,18H2,1-5H3. The molecule has 21 heavy (non-hydrogen) atoms. The monoisotopic (exact) mass is 309 g/mol. The Morgan fingerprint density at radius 3 is 2.05 bits per heavy atom. The number of aryl methyl sites for hydroxylation is 1. The predicted molar refractivity (Wildman–Crippen MR) is 94.5 cm³/mol. The summed E-state index contributed by atoms with van der Waals surface area (Å²) in [5.41, 5.74) is 7.12. The average Bonchev–Trinajstić information content (AvgIpc) is 2.43. The summed E-state index contributed by atoms with van der Waals surface area (Å²) in [6.45, 7) is 12.7. The van der Waals surface area contributed by atoms with Crippen LogP contribution in [0.1, 0.15) is 33.3 Å². The summed E-state index contributed by atoms with van der Waals surface area (Å²) in [5.74, 6) is 1.13. The Hall–Kier alpha value is -0.550. The molecule has 4 heteroatoms. The molecule has 3 nitrogen and oxygen atoms in total. The van der Waals surface area contributed by atoms with Gasteiger partial charge >= 0.3 is 0 Å². The Labute approximate surface area is 134 Å². The second kappa shape index (κ2) is 9.46. The number of nitrogens with two attached hydrogens (primary N) is 1. The third-order valence-corrected chi connectivity index (χ3v) is 4.74. The number of hydrogen-bond donors (Lipinski definition) is 3. The Balaban J connectivity index is 2.48. The van der Waals surface area contributed by atoms with Crippen molar-refractivity contribution in [2.24, 2.45) is 17.6 Å². The van der Waals surface area contributed by atoms with Crippen LogP contribution in [0.4, 0.5) is 0 Å². The first-order chi connectivity index (χ1) is 9.93. The maximum atomic E-state index is 5.83. The minimum atomic E-state index is 0.387. The van der Waals surface area contributed by atoms with E-state index in [2.05, 4.69) is 68.9 Å². The van der Waals surface area contributed by atoms with E-state index in [0.29, 0.717) is 30.5 Å². The van der Waals surface area contributed by atoms with E-state index in [0.717, 1.165) is 6.54 Å². The highest BCUT2D eigenvalue weighted by Crippen LogP contribution is 2.17. The average molecular weight is 310 g/mol. The molecule has 2 atom stereocenters. The van der Waals surface area contributed by atoms with Gasteiger partial charge in [-0.2, -0.15) is 0 Å². The molecule has 4 N–H and O–H groups in total. The summed E-state index contributed by atoms with van der Waals surface area (Å²) in [7, 11) is 0. The van der Waals surface area contributed by atoms with Crippen molar-refractivity contribution in [2.45, 2.75) is 51.6 Å². The van der Waals surface area contributed by atoms with Gasteiger partial charge in [-0.15, -0.1) is 0 Å². The summed E-state index contributed by atoms with van der Waals surface area (Å²) < 4.78 is 3.59. The normalized spacial score (nSPS) is 14.7. The van der Waals surface area contributed by atoms with Gasteiger partial charge in [0.1, 0.15) is 0 Å². The van der Waals surface area contributed by atoms with E-state index in [-0.39, 0.29) is 0 Å². The maximum Gasteiger partial charge on any atom is 0.0323 e. The highest BCUT2D eigenvalue weighted by Gasteiger charge is 2.17. The van der Waals surface area contributed by atoms with Crippen molar-refractivity contribution in [3.05, 3.63) is 29.8 Å². The lowest BCUT2D eigenvalue weighted by atomic mass is 10.0. The number of rotatable bonds is 9. The molecule has 0 saturated carbocycles. The van der Waals surface area contributed by atoms with Crippen molar-refractivity contribution in [1.29, 1.82) is 0 Å². The summed E-state index contributed by atoms with van der Waals surface area (Å²) in [4.78, 5) is 1.26. The zero-order chi connectivity index (χ0) is 15.8. The van der Waals surface area contributed by atoms with Crippen molar-refractivity contribution in [3.63, 3.8) is 0 Å². The quantitative estimate of drug-likeness (QED) is 0.613. The fourth-order valence-electron chi connectivity index (χ4n) is 2.03. The van der Waals surface area contributed by atoms with Crippen LogP contribution < -0.4 is 15.8 Å². The van der Waals surface area contributed by atoms with Crippen molar-refractivity contribution >= 4 is 11.9 Å². The molecule has 0 saturated heterocycles. The van der Waals surface area contributed by atoms with E-state index in [4.69, 9.17) is 5.73 Å². The number of benzene rings is 1. The van der Waals surface area contributed by atoms with Crippen LogP contribution >= 0.6 is 11.9 Å². The van der Waals surface area contributed by atoms with Crippen LogP contribution in [0.25, 0.3) is 0 Å². The first-order valence-electron chi connectivity index (χ1n) is 7.86. The molecule has 0 heterocycles. The van der Waals surface area contributed by atoms with Crippen LogP contribution in [0.3, 0.4) is 0 Å². The molecule has 2 unspecified atom stereocenters. The highest BCUT2D eigenvalue weighted by atomic mass is 32.2. The molecule has 1 aromatic rings. The molecule has 0 aliphatic heterocycles. The van der Waals surface area contributed by atoms with Crippen LogP contribution in [0.2, 0.25) is 0 Å². The Morgan fingerprint density at radius 2 is 1.57 bits per heavy atom. The summed E-state index contributed by atoms with van der Waals surface area (Å²) in [6, 6.07) is 9.43. The van der Waals surface area contributed by atoms with Crippen LogP contribution in [0, 0.1) is 18.8 Å². The van der Waals surface area contributed by atoms with Gasteiger partial charge in [0.05, 0.1) is 0 Å². The first kappa shape index (κ1) is 18.5. The van der Waals surface area contributed by atoms with E-state index in [1.54, 1.807) is 11.9 Å². The fraction of sp³-hybridized carbons (Fsp3) is 0.647. The second-order valence-electron chi connectivity index (χ2n) is 6.38. The van der Waals surface area contributed by atoms with Crippen LogP contribution in [-0.4, -0.2) is 25.2 Å². The first-order valence-corrected chi connectivity index (χ1v) is 8.68. The van der Waals surface area contributed by atoms with Gasteiger partial charge in [0.2, 0.25) is 0 Å². The molecule has 0 aromatic heterocycles. The zero-order valence-corrected chi connectivity index (χ0v) is 14.8. The smallest absolute Gasteiger partial charge is 0.0323 e. The van der Waals surface area contributed by atoms with E-state index in [9.17, 15) is 0 Å². The summed E-state index contributed by atoms with van der Waals surface area (Å²) >= 11 is 1.71. The highest BCUT2D eigenvalue weighted by molar-refractivity contribution is 7.97. The Morgan fingerprint density at radius 1 is 1.00 bits per heavy atom. The molecule has 1 aromatic carbocycles. The predicted octanol–water partition coefficient (Wildman–Crippen LogP) is 3.19. The number of nitrogens with one attached hydrogen (secondary N) is 2. The molecular formula is C17H31N3S. The molecule has 0 bridgehead atoms. The lowest BCUT2D eigenvalue weighted by molar-refractivity contribution is 0.358. The van der Waals surface area contributed by atoms with Crippen molar-refractivity contribution in [2.75, 3.05) is 13.1 Å². The molecule has 0 fully saturated rings. The zero-order valence-electron chi connectivity index (χ0n) is 14.0. The Bertz CT molecular complexity index is 390. The topological polar surface area (TPSA) is 50.1 Å². The van der Waals surface area contributed by atoms with Crippen molar-refractivity contribution in [1.82, 2.24) is 10.0 Å². The number of hydrogen-bond acceptors (Lipinski definition) is 4. The third-order valence-electron chi connectivity index (χ3n) is 3.81. The third kappa shape index (κ3) is 6.83. The molecule has 0 radical (unpaired) electrons. The largest absolute Gasteiger partial charge is 0.329 e. The van der Waals surface area contributed by atoms with Gasteiger partial charge in [-0.25, -0.2) is 0 Å². The van der Waals surface area contributed by atoms with Gasteiger partial charge in [0, 0.05) is 30.1 Å². The molecule has 0 aliphatic carbocycles. The molecule has 1 rings (SSSR count). The van der Waals surface area contributed by atoms with Gasteiger partial charge in [-0.05, 0) is 42.8 Å². The van der Waals surface area contributed by atoms with E-state index in [1.807, 2.05) is 0 Å². The summed E-state index contributed by atoms with van der Waals surface area (Å²) in [6.07, 6.45) is 0. The van der Waals surface area contributed by atoms with Crippen molar-refractivity contribution in [3.8, 4) is 0 Å². The van der Waals surface area contributed by atoms with E-state index < -0.39 is 0 Å². The van der Waals surface area contributed by atoms with E-state index >= 15 is 0 Å². The van der Waals surface area contributed by atoms with Gasteiger partial charge in [0.25, 0.3) is 0 Å². The van der Waals surface area contributed by atoms with Gasteiger partial charge < -0.3 is 11.1 Å². The lowest BCUT2D eigenvalue weighted by Crippen LogP contribution is -2.47. The van der Waals surface area contributed by atoms with Crippen molar-refractivity contribution < 1.29 is 0 Å². The van der Waals surface area contributed by atoms with Crippen LogP contribution in [0.5, 0.6) is 0 Å². The van der Waals surface area contributed by atoms with Gasteiger partial charge in [-0.3, -0.25) is 4.72 Å². The minimum Gasteiger partial charge on any atom is -0.329 e. The van der Waals surface area contributed by atoms with E-state index in [1.165, 1.54) is 10.5 Å².